The molecule has 0 spiro atoms. The smallest absolute Gasteiger partial charge is 0.412 e. The maximum absolute atomic E-state index is 13.7. The summed E-state index contributed by atoms with van der Waals surface area (Å²) in [6.07, 6.45) is 1.80. The van der Waals surface area contributed by atoms with Crippen molar-refractivity contribution in [2.45, 2.75) is 31.3 Å². The number of nitrogens with zero attached hydrogens (tertiary/aromatic N) is 2. The molecule has 2 rings (SSSR count). The number of sulfonamides is 1. The maximum atomic E-state index is 13.7. The second-order valence-corrected chi connectivity index (χ2v) is 9.36. The summed E-state index contributed by atoms with van der Waals surface area (Å²) >= 11 is 0. The van der Waals surface area contributed by atoms with Gasteiger partial charge in [0.15, 0.2) is 0 Å². The molecule has 0 radical (unpaired) electrons. The lowest BCUT2D eigenvalue weighted by atomic mass is 10.2. The monoisotopic (exact) mass is 438 g/mol. The van der Waals surface area contributed by atoms with Crippen LogP contribution in [0.1, 0.15) is 20.8 Å². The molecule has 1 heterocycles. The number of amides is 2. The van der Waals surface area contributed by atoms with Crippen LogP contribution < -0.4 is 10.6 Å². The molecule has 0 fully saturated rings. The molecule has 162 valence electrons. The Hall–Kier alpha value is -3.05. The van der Waals surface area contributed by atoms with Gasteiger partial charge in [-0.1, -0.05) is 0 Å². The zero-order valence-electron chi connectivity index (χ0n) is 17.0. The number of pyridine rings is 1. The molecule has 0 saturated heterocycles. The first-order valence-electron chi connectivity index (χ1n) is 8.84. The fourth-order valence-electron chi connectivity index (χ4n) is 2.30. The summed E-state index contributed by atoms with van der Waals surface area (Å²) < 4.78 is 44.6. The number of halogens is 1. The van der Waals surface area contributed by atoms with Gasteiger partial charge >= 0.3 is 6.09 Å². The Balaban J connectivity index is 2.13. The molecule has 2 N–H and O–H groups in total. The third-order valence-corrected chi connectivity index (χ3v) is 5.39. The van der Waals surface area contributed by atoms with E-state index in [1.54, 1.807) is 20.8 Å². The predicted molar refractivity (Wildman–Crippen MR) is 109 cm³/mol. The first kappa shape index (κ1) is 23.2. The minimum atomic E-state index is -3.94. The number of hydrogen-bond donors (Lipinski definition) is 2. The van der Waals surface area contributed by atoms with Gasteiger partial charge in [0.2, 0.25) is 15.9 Å². The van der Waals surface area contributed by atoms with E-state index in [0.29, 0.717) is 0 Å². The van der Waals surface area contributed by atoms with Crippen molar-refractivity contribution in [3.05, 3.63) is 48.5 Å². The Morgan fingerprint density at radius 1 is 1.17 bits per heavy atom. The predicted octanol–water partition coefficient (Wildman–Crippen LogP) is 2.83. The molecule has 2 amide bonds. The van der Waals surface area contributed by atoms with Crippen LogP contribution in [0, 0.1) is 5.82 Å². The van der Waals surface area contributed by atoms with Crippen LogP contribution in [-0.2, 0) is 19.6 Å². The lowest BCUT2D eigenvalue weighted by Gasteiger charge is -2.21. The van der Waals surface area contributed by atoms with Gasteiger partial charge in [-0.2, -0.15) is 4.31 Å². The molecule has 0 aliphatic rings. The molecule has 1 aromatic heterocycles. The quantitative estimate of drug-likeness (QED) is 0.716. The van der Waals surface area contributed by atoms with E-state index >= 15 is 0 Å². The van der Waals surface area contributed by atoms with E-state index in [4.69, 9.17) is 4.74 Å². The van der Waals surface area contributed by atoms with Crippen LogP contribution in [-0.4, -0.2) is 48.9 Å². The first-order chi connectivity index (χ1) is 13.9. The van der Waals surface area contributed by atoms with E-state index in [1.165, 1.54) is 37.6 Å². The third kappa shape index (κ3) is 6.49. The molecular weight excluding hydrogens is 415 g/mol. The van der Waals surface area contributed by atoms with Crippen molar-refractivity contribution in [2.24, 2.45) is 0 Å². The van der Waals surface area contributed by atoms with Crippen LogP contribution in [0.5, 0.6) is 0 Å². The summed E-state index contributed by atoms with van der Waals surface area (Å²) in [5.41, 5.74) is -0.702. The number of carbonyl (C=O) groups is 2. The molecule has 0 saturated carbocycles. The van der Waals surface area contributed by atoms with Crippen molar-refractivity contribution in [1.82, 2.24) is 9.29 Å². The minimum Gasteiger partial charge on any atom is -0.444 e. The topological polar surface area (TPSA) is 118 Å². The van der Waals surface area contributed by atoms with Crippen molar-refractivity contribution >= 4 is 33.4 Å². The van der Waals surface area contributed by atoms with E-state index in [2.05, 4.69) is 15.6 Å². The second kappa shape index (κ2) is 9.18. The Morgan fingerprint density at radius 3 is 2.47 bits per heavy atom. The molecule has 0 aliphatic heterocycles. The van der Waals surface area contributed by atoms with Gasteiger partial charge in [0, 0.05) is 19.4 Å². The maximum Gasteiger partial charge on any atom is 0.412 e. The van der Waals surface area contributed by atoms with Crippen LogP contribution in [0.3, 0.4) is 0 Å². The number of carbonyl (C=O) groups excluding carboxylic acids is 2. The normalized spacial score (nSPS) is 11.8. The van der Waals surface area contributed by atoms with Gasteiger partial charge in [0.05, 0.1) is 17.9 Å². The van der Waals surface area contributed by atoms with Crippen molar-refractivity contribution in [1.29, 1.82) is 0 Å². The average molecular weight is 438 g/mol. The number of aromatic nitrogens is 1. The van der Waals surface area contributed by atoms with E-state index in [9.17, 15) is 22.4 Å². The highest BCUT2D eigenvalue weighted by Crippen LogP contribution is 2.24. The number of rotatable bonds is 6. The molecule has 30 heavy (non-hydrogen) atoms. The van der Waals surface area contributed by atoms with E-state index in [-0.39, 0.29) is 16.3 Å². The molecule has 0 unspecified atom stereocenters. The number of nitrogens with one attached hydrogen (secondary N) is 2. The fourth-order valence-corrected chi connectivity index (χ4v) is 3.39. The SMILES string of the molecule is CN(CC(=O)Nc1cc(F)ccc1NC(=O)OC(C)(C)C)S(=O)(=O)c1cccnc1. The standard InChI is InChI=1S/C19H23FN4O5S/c1-19(2,3)29-18(26)23-15-8-7-13(20)10-16(15)22-17(25)12-24(4)30(27,28)14-6-5-9-21-11-14/h5-11H,12H2,1-4H3,(H,22,25)(H,23,26). The largest absolute Gasteiger partial charge is 0.444 e. The van der Waals surface area contributed by atoms with Crippen LogP contribution in [0.2, 0.25) is 0 Å². The molecule has 1 aromatic carbocycles. The van der Waals surface area contributed by atoms with Crippen molar-refractivity contribution in [2.75, 3.05) is 24.2 Å². The van der Waals surface area contributed by atoms with E-state index < -0.39 is 40.0 Å². The summed E-state index contributed by atoms with van der Waals surface area (Å²) in [6.45, 7) is 4.50. The van der Waals surface area contributed by atoms with E-state index in [1.807, 2.05) is 0 Å². The number of hydrogen-bond acceptors (Lipinski definition) is 6. The van der Waals surface area contributed by atoms with Gasteiger partial charge in [-0.15, -0.1) is 0 Å². The highest BCUT2D eigenvalue weighted by atomic mass is 32.2. The second-order valence-electron chi connectivity index (χ2n) is 7.31. The zero-order valence-corrected chi connectivity index (χ0v) is 17.8. The van der Waals surface area contributed by atoms with Crippen molar-refractivity contribution in [3.8, 4) is 0 Å². The number of benzene rings is 1. The summed E-state index contributed by atoms with van der Waals surface area (Å²) in [5.74, 6) is -1.39. The summed E-state index contributed by atoms with van der Waals surface area (Å²) in [6, 6.07) is 6.17. The Morgan fingerprint density at radius 2 is 1.87 bits per heavy atom. The van der Waals surface area contributed by atoms with Crippen molar-refractivity contribution in [3.63, 3.8) is 0 Å². The molecule has 11 heteroatoms. The van der Waals surface area contributed by atoms with Gasteiger partial charge in [-0.05, 0) is 51.1 Å². The molecule has 0 bridgehead atoms. The average Bonchev–Trinajstić information content (AvgIpc) is 2.63. The van der Waals surface area contributed by atoms with Gasteiger partial charge in [-0.25, -0.2) is 17.6 Å². The Bertz CT molecular complexity index is 1020. The zero-order chi connectivity index (χ0) is 22.5. The Labute approximate surface area is 174 Å². The summed E-state index contributed by atoms with van der Waals surface area (Å²) in [4.78, 5) is 28.0. The van der Waals surface area contributed by atoms with Gasteiger partial charge in [-0.3, -0.25) is 15.1 Å². The number of ether oxygens (including phenoxy) is 1. The van der Waals surface area contributed by atoms with Crippen LogP contribution in [0.15, 0.2) is 47.6 Å². The molecule has 0 atom stereocenters. The van der Waals surface area contributed by atoms with Crippen LogP contribution >= 0.6 is 0 Å². The summed E-state index contributed by atoms with van der Waals surface area (Å²) in [5, 5.41) is 4.83. The number of likely N-dealkylation sites (N-methyl/N-ethyl adjacent to an activating group) is 1. The van der Waals surface area contributed by atoms with Crippen LogP contribution in [0.25, 0.3) is 0 Å². The highest BCUT2D eigenvalue weighted by Gasteiger charge is 2.24. The fraction of sp³-hybridized carbons (Fsp3) is 0.316. The number of anilines is 2. The third-order valence-electron chi connectivity index (χ3n) is 3.60. The van der Waals surface area contributed by atoms with Crippen molar-refractivity contribution < 1.29 is 27.1 Å². The van der Waals surface area contributed by atoms with E-state index in [0.717, 1.165) is 16.4 Å². The van der Waals surface area contributed by atoms with Gasteiger partial charge in [0.1, 0.15) is 16.3 Å². The highest BCUT2D eigenvalue weighted by molar-refractivity contribution is 7.89. The van der Waals surface area contributed by atoms with Gasteiger partial charge < -0.3 is 10.1 Å². The molecular formula is C19H23FN4O5S. The molecule has 0 aliphatic carbocycles. The minimum absolute atomic E-state index is 0.0435. The Kier molecular flexibility index (Phi) is 7.11. The van der Waals surface area contributed by atoms with Gasteiger partial charge in [0.25, 0.3) is 0 Å². The molecule has 2 aromatic rings. The lowest BCUT2D eigenvalue weighted by Crippen LogP contribution is -2.35. The van der Waals surface area contributed by atoms with Crippen LogP contribution in [0.4, 0.5) is 20.6 Å². The first-order valence-corrected chi connectivity index (χ1v) is 10.3. The lowest BCUT2D eigenvalue weighted by molar-refractivity contribution is -0.116. The molecule has 9 nitrogen and oxygen atoms in total. The summed E-state index contributed by atoms with van der Waals surface area (Å²) in [7, 11) is -2.71.